The summed E-state index contributed by atoms with van der Waals surface area (Å²) in [6.07, 6.45) is 1.84. The molecule has 6 heteroatoms. The Bertz CT molecular complexity index is 1350. The van der Waals surface area contributed by atoms with Crippen LogP contribution in [0.3, 0.4) is 0 Å². The summed E-state index contributed by atoms with van der Waals surface area (Å²) in [7, 11) is 1.70. The Morgan fingerprint density at radius 1 is 0.912 bits per heavy atom. The highest BCUT2D eigenvalue weighted by Crippen LogP contribution is 2.43. The molecule has 4 aromatic rings. The van der Waals surface area contributed by atoms with E-state index in [0.29, 0.717) is 5.11 Å². The fourth-order valence-electron chi connectivity index (χ4n) is 4.96. The molecule has 0 amide bonds. The second-order valence-corrected chi connectivity index (χ2v) is 9.09. The van der Waals surface area contributed by atoms with Gasteiger partial charge in [-0.2, -0.15) is 0 Å². The molecule has 0 saturated carbocycles. The molecular formula is C28H28N4OS. The van der Waals surface area contributed by atoms with Crippen LogP contribution in [0.1, 0.15) is 40.3 Å². The Kier molecular flexibility index (Phi) is 5.84. The molecule has 1 N–H and O–H groups in total. The van der Waals surface area contributed by atoms with Crippen molar-refractivity contribution < 1.29 is 4.74 Å². The molecule has 2 aromatic heterocycles. The van der Waals surface area contributed by atoms with E-state index in [0.717, 1.165) is 28.5 Å². The lowest BCUT2D eigenvalue weighted by molar-refractivity contribution is 0.414. The first kappa shape index (κ1) is 22.2. The molecule has 3 heterocycles. The van der Waals surface area contributed by atoms with Crippen LogP contribution in [0.2, 0.25) is 0 Å². The van der Waals surface area contributed by atoms with Crippen molar-refractivity contribution in [1.82, 2.24) is 14.9 Å². The number of hydrogen-bond acceptors (Lipinski definition) is 3. The van der Waals surface area contributed by atoms with E-state index in [2.05, 4.69) is 89.1 Å². The molecule has 5 nitrogen and oxygen atoms in total. The van der Waals surface area contributed by atoms with E-state index >= 15 is 0 Å². The lowest BCUT2D eigenvalue weighted by Gasteiger charge is -2.28. The number of methoxy groups -OCH3 is 1. The van der Waals surface area contributed by atoms with Crippen LogP contribution in [0.25, 0.3) is 5.69 Å². The Hall–Kier alpha value is -3.64. The van der Waals surface area contributed by atoms with Crippen molar-refractivity contribution in [3.63, 3.8) is 0 Å². The maximum absolute atomic E-state index is 5.89. The zero-order valence-corrected chi connectivity index (χ0v) is 20.6. The topological polar surface area (TPSA) is 42.3 Å². The molecule has 1 aliphatic rings. The first-order valence-electron chi connectivity index (χ1n) is 11.4. The van der Waals surface area contributed by atoms with Crippen LogP contribution in [0.5, 0.6) is 5.75 Å². The Labute approximate surface area is 206 Å². The number of benzene rings is 2. The van der Waals surface area contributed by atoms with E-state index in [4.69, 9.17) is 17.0 Å². The van der Waals surface area contributed by atoms with Gasteiger partial charge in [0, 0.05) is 35.0 Å². The van der Waals surface area contributed by atoms with Crippen LogP contribution >= 0.6 is 12.2 Å². The van der Waals surface area contributed by atoms with E-state index in [9.17, 15) is 0 Å². The minimum Gasteiger partial charge on any atom is -0.497 e. The van der Waals surface area contributed by atoms with Crippen LogP contribution in [0.4, 0.5) is 5.69 Å². The molecule has 1 fully saturated rings. The van der Waals surface area contributed by atoms with Crippen molar-refractivity contribution in [2.24, 2.45) is 0 Å². The fourth-order valence-corrected chi connectivity index (χ4v) is 5.31. The van der Waals surface area contributed by atoms with Crippen molar-refractivity contribution in [1.29, 1.82) is 0 Å². The molecule has 1 aliphatic heterocycles. The lowest BCUT2D eigenvalue weighted by Crippen LogP contribution is -2.29. The molecule has 172 valence electrons. The summed E-state index contributed by atoms with van der Waals surface area (Å²) in [6.45, 7) is 6.42. The van der Waals surface area contributed by atoms with Crippen molar-refractivity contribution >= 4 is 23.0 Å². The van der Waals surface area contributed by atoms with E-state index in [-0.39, 0.29) is 12.1 Å². The zero-order valence-electron chi connectivity index (χ0n) is 19.8. The van der Waals surface area contributed by atoms with Gasteiger partial charge in [-0.1, -0.05) is 24.3 Å². The highest BCUT2D eigenvalue weighted by Gasteiger charge is 2.42. The summed E-state index contributed by atoms with van der Waals surface area (Å²) in [5.41, 5.74) is 7.85. The van der Waals surface area contributed by atoms with Crippen molar-refractivity contribution in [2.45, 2.75) is 32.9 Å². The standard InChI is InChI=1S/C28H28N4OS/c1-18-9-7-10-21(15-18)32-27(26(30-28(32)34)25-13-5-6-14-29-25)24-16-19(2)31(20(24)3)22-11-8-12-23(17-22)33-4/h5-17,26-27H,1-4H3,(H,30,34). The number of nitrogens with zero attached hydrogens (tertiary/aromatic N) is 3. The second-order valence-electron chi connectivity index (χ2n) is 8.70. The number of nitrogens with one attached hydrogen (secondary N) is 1. The third kappa shape index (κ3) is 3.84. The van der Waals surface area contributed by atoms with Gasteiger partial charge in [0.1, 0.15) is 5.75 Å². The van der Waals surface area contributed by atoms with Crippen molar-refractivity contribution in [3.05, 3.63) is 107 Å². The van der Waals surface area contributed by atoms with Crippen LogP contribution in [-0.2, 0) is 0 Å². The summed E-state index contributed by atoms with van der Waals surface area (Å²) >= 11 is 5.89. The molecule has 1 saturated heterocycles. The molecule has 2 atom stereocenters. The smallest absolute Gasteiger partial charge is 0.174 e. The average molecular weight is 469 g/mol. The van der Waals surface area contributed by atoms with Gasteiger partial charge in [0.15, 0.2) is 5.11 Å². The van der Waals surface area contributed by atoms with Gasteiger partial charge in [0.05, 0.1) is 24.9 Å². The van der Waals surface area contributed by atoms with Gasteiger partial charge in [0.2, 0.25) is 0 Å². The number of pyridine rings is 1. The summed E-state index contributed by atoms with van der Waals surface area (Å²) in [6, 6.07) is 24.8. The van der Waals surface area contributed by atoms with Crippen LogP contribution in [-0.4, -0.2) is 21.8 Å². The molecule has 2 aromatic carbocycles. The maximum atomic E-state index is 5.89. The molecule has 0 radical (unpaired) electrons. The van der Waals surface area contributed by atoms with Crippen molar-refractivity contribution in [2.75, 3.05) is 12.0 Å². The minimum absolute atomic E-state index is 0.0465. The van der Waals surface area contributed by atoms with Gasteiger partial charge >= 0.3 is 0 Å². The van der Waals surface area contributed by atoms with Gasteiger partial charge in [-0.15, -0.1) is 0 Å². The minimum atomic E-state index is -0.0755. The fraction of sp³-hybridized carbons (Fsp3) is 0.214. The number of aryl methyl sites for hydroxylation is 2. The summed E-state index contributed by atoms with van der Waals surface area (Å²) in [5, 5.41) is 4.27. The SMILES string of the molecule is COc1cccc(-n2c(C)cc(C3C(c4ccccn4)NC(=S)N3c3cccc(C)c3)c2C)c1. The van der Waals surface area contributed by atoms with Gasteiger partial charge < -0.3 is 19.5 Å². The third-order valence-electron chi connectivity index (χ3n) is 6.48. The Balaban J connectivity index is 1.68. The molecule has 2 unspecified atom stereocenters. The van der Waals surface area contributed by atoms with E-state index in [1.807, 2.05) is 30.5 Å². The first-order valence-corrected chi connectivity index (χ1v) is 11.8. The van der Waals surface area contributed by atoms with Crippen molar-refractivity contribution in [3.8, 4) is 11.4 Å². The van der Waals surface area contributed by atoms with E-state index < -0.39 is 0 Å². The molecule has 0 spiro atoms. The first-order chi connectivity index (χ1) is 16.5. The predicted octanol–water partition coefficient (Wildman–Crippen LogP) is 5.98. The van der Waals surface area contributed by atoms with Gasteiger partial charge in [0.25, 0.3) is 0 Å². The molecule has 0 aliphatic carbocycles. The summed E-state index contributed by atoms with van der Waals surface area (Å²) < 4.78 is 7.76. The number of hydrogen-bond donors (Lipinski definition) is 1. The van der Waals surface area contributed by atoms with Crippen LogP contribution in [0, 0.1) is 20.8 Å². The highest BCUT2D eigenvalue weighted by atomic mass is 32.1. The van der Waals surface area contributed by atoms with E-state index in [1.165, 1.54) is 16.8 Å². The second kappa shape index (κ2) is 8.95. The van der Waals surface area contributed by atoms with Gasteiger partial charge in [-0.05, 0) is 86.6 Å². The van der Waals surface area contributed by atoms with E-state index in [1.54, 1.807) is 7.11 Å². The monoisotopic (exact) mass is 468 g/mol. The largest absolute Gasteiger partial charge is 0.497 e. The van der Waals surface area contributed by atoms with Crippen LogP contribution < -0.4 is 15.0 Å². The van der Waals surface area contributed by atoms with Gasteiger partial charge in [-0.25, -0.2) is 0 Å². The lowest BCUT2D eigenvalue weighted by atomic mass is 9.96. The van der Waals surface area contributed by atoms with Gasteiger partial charge in [-0.3, -0.25) is 4.98 Å². The summed E-state index contributed by atoms with van der Waals surface area (Å²) in [5.74, 6) is 0.836. The number of thiocarbonyl (C=S) groups is 1. The quantitative estimate of drug-likeness (QED) is 0.365. The highest BCUT2D eigenvalue weighted by molar-refractivity contribution is 7.80. The number of aromatic nitrogens is 2. The molecule has 5 rings (SSSR count). The predicted molar refractivity (Wildman–Crippen MR) is 141 cm³/mol. The molecular weight excluding hydrogens is 440 g/mol. The zero-order chi connectivity index (χ0) is 23.8. The van der Waals surface area contributed by atoms with Crippen LogP contribution in [0.15, 0.2) is 79.0 Å². The summed E-state index contributed by atoms with van der Waals surface area (Å²) in [4.78, 5) is 6.92. The normalized spacial score (nSPS) is 17.6. The number of ether oxygens (including phenoxy) is 1. The third-order valence-corrected chi connectivity index (χ3v) is 6.79. The molecule has 34 heavy (non-hydrogen) atoms. The maximum Gasteiger partial charge on any atom is 0.174 e. The Morgan fingerprint density at radius 3 is 2.44 bits per heavy atom. The molecule has 0 bridgehead atoms. The Morgan fingerprint density at radius 2 is 1.71 bits per heavy atom. The number of rotatable bonds is 5. The average Bonchev–Trinajstić information content (AvgIpc) is 3.34. The number of anilines is 1.